The molecule has 0 radical (unpaired) electrons. The molecule has 0 aliphatic carbocycles. The third kappa shape index (κ3) is 1.72. The van der Waals surface area contributed by atoms with Gasteiger partial charge in [-0.1, -0.05) is 0 Å². The molecule has 1 fully saturated rings. The van der Waals surface area contributed by atoms with Crippen LogP contribution in [0.1, 0.15) is 13.3 Å². The summed E-state index contributed by atoms with van der Waals surface area (Å²) in [6.45, 7) is 0.0977. The molecule has 0 aromatic heterocycles. The highest BCUT2D eigenvalue weighted by Gasteiger charge is 2.43. The van der Waals surface area contributed by atoms with Gasteiger partial charge < -0.3 is 9.47 Å². The Morgan fingerprint density at radius 3 is 2.83 bits per heavy atom. The Balaban J connectivity index is 2.64. The molecule has 1 saturated heterocycles. The number of cyclic esters (lactones) is 1. The first-order chi connectivity index (χ1) is 5.58. The molecule has 0 aromatic carbocycles. The largest absolute Gasteiger partial charge is 0.461 e. The minimum absolute atomic E-state index is 0.179. The van der Waals surface area contributed by atoms with Crippen molar-refractivity contribution >= 4 is 11.9 Å². The van der Waals surface area contributed by atoms with Gasteiger partial charge in [0, 0.05) is 6.92 Å². The molecule has 1 rings (SSSR count). The van der Waals surface area contributed by atoms with Crippen LogP contribution in [0.25, 0.3) is 0 Å². The fourth-order valence-electron chi connectivity index (χ4n) is 1.06. The molecular formula is C7H9FO4. The first-order valence-electron chi connectivity index (χ1n) is 3.49. The van der Waals surface area contributed by atoms with E-state index in [-0.39, 0.29) is 13.0 Å². The number of hydrogen-bond acceptors (Lipinski definition) is 4. The topological polar surface area (TPSA) is 52.6 Å². The zero-order chi connectivity index (χ0) is 9.19. The Morgan fingerprint density at radius 2 is 2.50 bits per heavy atom. The first-order valence-corrected chi connectivity index (χ1v) is 3.49. The van der Waals surface area contributed by atoms with Crippen LogP contribution in [0.2, 0.25) is 0 Å². The lowest BCUT2D eigenvalue weighted by Gasteiger charge is -2.21. The fourth-order valence-corrected chi connectivity index (χ4v) is 1.06. The van der Waals surface area contributed by atoms with Gasteiger partial charge in [0.25, 0.3) is 0 Å². The minimum Gasteiger partial charge on any atom is -0.461 e. The molecule has 0 saturated carbocycles. The summed E-state index contributed by atoms with van der Waals surface area (Å²) in [6.07, 6.45) is -0.191. The normalized spacial score (nSPS) is 28.3. The van der Waals surface area contributed by atoms with Gasteiger partial charge in [-0.3, -0.25) is 9.59 Å². The summed E-state index contributed by atoms with van der Waals surface area (Å²) in [5.41, 5.74) is -1.36. The maximum atomic E-state index is 12.4. The van der Waals surface area contributed by atoms with Crippen LogP contribution in [0.5, 0.6) is 0 Å². The molecule has 1 unspecified atom stereocenters. The van der Waals surface area contributed by atoms with Crippen LogP contribution in [0, 0.1) is 0 Å². The second kappa shape index (κ2) is 3.08. The van der Waals surface area contributed by atoms with Crippen LogP contribution < -0.4 is 0 Å². The van der Waals surface area contributed by atoms with Crippen molar-refractivity contribution in [1.82, 2.24) is 0 Å². The van der Waals surface area contributed by atoms with Crippen molar-refractivity contribution in [2.24, 2.45) is 0 Å². The highest BCUT2D eigenvalue weighted by molar-refractivity contribution is 5.75. The summed E-state index contributed by atoms with van der Waals surface area (Å²) in [4.78, 5) is 21.1. The molecule has 12 heavy (non-hydrogen) atoms. The van der Waals surface area contributed by atoms with Gasteiger partial charge in [0.1, 0.15) is 13.3 Å². The van der Waals surface area contributed by atoms with Crippen molar-refractivity contribution < 1.29 is 23.5 Å². The second-order valence-electron chi connectivity index (χ2n) is 2.75. The summed E-state index contributed by atoms with van der Waals surface area (Å²) in [6, 6.07) is 0. The van der Waals surface area contributed by atoms with E-state index in [1.807, 2.05) is 0 Å². The molecule has 0 spiro atoms. The van der Waals surface area contributed by atoms with E-state index in [2.05, 4.69) is 9.47 Å². The minimum atomic E-state index is -1.36. The Bertz CT molecular complexity index is 215. The van der Waals surface area contributed by atoms with E-state index >= 15 is 0 Å². The molecule has 0 bridgehead atoms. The number of ether oxygens (including phenoxy) is 2. The molecule has 4 nitrogen and oxygen atoms in total. The van der Waals surface area contributed by atoms with Crippen molar-refractivity contribution in [2.45, 2.75) is 18.9 Å². The van der Waals surface area contributed by atoms with E-state index in [1.165, 1.54) is 6.92 Å². The standard InChI is InChI=1S/C7H9FO4/c1-5(9)12-7(3-8)2-6(10)11-4-7/h2-4H2,1H3. The zero-order valence-corrected chi connectivity index (χ0v) is 6.63. The van der Waals surface area contributed by atoms with Gasteiger partial charge in [-0.15, -0.1) is 0 Å². The van der Waals surface area contributed by atoms with Crippen LogP contribution in [-0.4, -0.2) is 30.8 Å². The number of rotatable bonds is 2. The smallest absolute Gasteiger partial charge is 0.310 e. The van der Waals surface area contributed by atoms with Crippen LogP contribution in [0.15, 0.2) is 0 Å². The van der Waals surface area contributed by atoms with Gasteiger partial charge in [-0.05, 0) is 0 Å². The molecule has 0 amide bonds. The Morgan fingerprint density at radius 1 is 1.83 bits per heavy atom. The van der Waals surface area contributed by atoms with E-state index < -0.39 is 24.2 Å². The fraction of sp³-hybridized carbons (Fsp3) is 0.714. The van der Waals surface area contributed by atoms with Crippen molar-refractivity contribution in [3.63, 3.8) is 0 Å². The van der Waals surface area contributed by atoms with Crippen molar-refractivity contribution in [3.8, 4) is 0 Å². The first kappa shape index (κ1) is 8.96. The molecular weight excluding hydrogens is 167 g/mol. The summed E-state index contributed by atoms with van der Waals surface area (Å²) < 4.78 is 21.5. The van der Waals surface area contributed by atoms with Crippen LogP contribution in [-0.2, 0) is 19.1 Å². The molecule has 5 heteroatoms. The molecule has 1 aliphatic heterocycles. The van der Waals surface area contributed by atoms with Crippen molar-refractivity contribution in [3.05, 3.63) is 0 Å². The van der Waals surface area contributed by atoms with Crippen molar-refractivity contribution in [1.29, 1.82) is 0 Å². The molecule has 1 atom stereocenters. The molecule has 0 aromatic rings. The lowest BCUT2D eigenvalue weighted by molar-refractivity contribution is -0.158. The number of hydrogen-bond donors (Lipinski definition) is 0. The lowest BCUT2D eigenvalue weighted by atomic mass is 10.1. The summed E-state index contributed by atoms with van der Waals surface area (Å²) in [7, 11) is 0. The van der Waals surface area contributed by atoms with Crippen LogP contribution in [0.3, 0.4) is 0 Å². The SMILES string of the molecule is CC(=O)OC1(CF)COC(=O)C1. The summed E-state index contributed by atoms with van der Waals surface area (Å²) in [5.74, 6) is -1.14. The Kier molecular flexibility index (Phi) is 2.30. The highest BCUT2D eigenvalue weighted by Crippen LogP contribution is 2.24. The quantitative estimate of drug-likeness (QED) is 0.564. The second-order valence-corrected chi connectivity index (χ2v) is 2.75. The van der Waals surface area contributed by atoms with E-state index in [4.69, 9.17) is 0 Å². The monoisotopic (exact) mass is 176 g/mol. The number of alkyl halides is 1. The predicted molar refractivity (Wildman–Crippen MR) is 36.0 cm³/mol. The molecule has 68 valence electrons. The number of halogens is 1. The average Bonchev–Trinajstić information content (AvgIpc) is 2.32. The zero-order valence-electron chi connectivity index (χ0n) is 6.63. The molecule has 0 N–H and O–H groups in total. The van der Waals surface area contributed by atoms with Gasteiger partial charge in [0.2, 0.25) is 0 Å². The van der Waals surface area contributed by atoms with Gasteiger partial charge in [-0.2, -0.15) is 0 Å². The third-order valence-corrected chi connectivity index (χ3v) is 1.57. The van der Waals surface area contributed by atoms with E-state index in [1.54, 1.807) is 0 Å². The van der Waals surface area contributed by atoms with E-state index in [9.17, 15) is 14.0 Å². The van der Waals surface area contributed by atoms with Gasteiger partial charge in [0.15, 0.2) is 5.60 Å². The van der Waals surface area contributed by atoms with E-state index in [0.717, 1.165) is 0 Å². The maximum absolute atomic E-state index is 12.4. The van der Waals surface area contributed by atoms with Gasteiger partial charge in [-0.25, -0.2) is 4.39 Å². The van der Waals surface area contributed by atoms with Crippen LogP contribution in [0.4, 0.5) is 4.39 Å². The molecule has 1 heterocycles. The number of carbonyl (C=O) groups excluding carboxylic acids is 2. The summed E-state index contributed by atoms with van der Waals surface area (Å²) in [5, 5.41) is 0. The Hall–Kier alpha value is -1.13. The van der Waals surface area contributed by atoms with Gasteiger partial charge in [0.05, 0.1) is 6.42 Å². The third-order valence-electron chi connectivity index (χ3n) is 1.57. The van der Waals surface area contributed by atoms with E-state index in [0.29, 0.717) is 0 Å². The maximum Gasteiger partial charge on any atom is 0.310 e. The highest BCUT2D eigenvalue weighted by atomic mass is 19.1. The average molecular weight is 176 g/mol. The molecule has 1 aliphatic rings. The van der Waals surface area contributed by atoms with Crippen molar-refractivity contribution in [2.75, 3.05) is 13.3 Å². The summed E-state index contributed by atoms with van der Waals surface area (Å²) >= 11 is 0. The predicted octanol–water partition coefficient (Wildman–Crippen LogP) is 0.205. The lowest BCUT2D eigenvalue weighted by Crippen LogP contribution is -2.37. The van der Waals surface area contributed by atoms with Crippen LogP contribution >= 0.6 is 0 Å². The van der Waals surface area contributed by atoms with Gasteiger partial charge >= 0.3 is 11.9 Å². The Labute approximate surface area is 68.6 Å². The number of carbonyl (C=O) groups is 2. The number of esters is 2.